The summed E-state index contributed by atoms with van der Waals surface area (Å²) in [6.07, 6.45) is 0. The van der Waals surface area contributed by atoms with E-state index in [9.17, 15) is 0 Å². The highest BCUT2D eigenvalue weighted by Crippen LogP contribution is 2.36. The fraction of sp³-hybridized carbons (Fsp3) is 0.167. The van der Waals surface area contributed by atoms with Crippen LogP contribution < -0.4 is 5.32 Å². The molecule has 0 saturated heterocycles. The molecule has 0 spiro atoms. The highest BCUT2D eigenvalue weighted by Gasteiger charge is 2.13. The van der Waals surface area contributed by atoms with Crippen molar-refractivity contribution >= 4 is 78.7 Å². The van der Waals surface area contributed by atoms with E-state index in [1.165, 1.54) is 14.9 Å². The van der Waals surface area contributed by atoms with Crippen molar-refractivity contribution in [2.75, 3.05) is 5.32 Å². The van der Waals surface area contributed by atoms with Crippen LogP contribution in [0, 0.1) is 3.57 Å². The van der Waals surface area contributed by atoms with E-state index in [1.807, 2.05) is 12.1 Å². The molecule has 6 heteroatoms. The van der Waals surface area contributed by atoms with Gasteiger partial charge in [-0.15, -0.1) is 11.3 Å². The molecule has 1 N–H and O–H groups in total. The van der Waals surface area contributed by atoms with Crippen LogP contribution in [-0.4, -0.2) is 0 Å². The van der Waals surface area contributed by atoms with Crippen molar-refractivity contribution in [1.82, 2.24) is 0 Å². The third kappa shape index (κ3) is 3.54. The molecule has 0 saturated carbocycles. The summed E-state index contributed by atoms with van der Waals surface area (Å²) >= 11 is 19.3. The van der Waals surface area contributed by atoms with Gasteiger partial charge in [-0.25, -0.2) is 0 Å². The lowest BCUT2D eigenvalue weighted by atomic mass is 10.1. The van der Waals surface area contributed by atoms with E-state index in [2.05, 4.69) is 62.9 Å². The van der Waals surface area contributed by atoms with E-state index < -0.39 is 0 Å². The van der Waals surface area contributed by atoms with Gasteiger partial charge in [-0.1, -0.05) is 23.2 Å². The van der Waals surface area contributed by atoms with Gasteiger partial charge in [0.15, 0.2) is 0 Å². The standard InChI is InChI=1S/C12H9BrCl2INS/c1-6(8-5-11(14)18-12(8)15)17-7-2-3-10(16)9(13)4-7/h2-6,17H,1H3. The van der Waals surface area contributed by atoms with E-state index in [0.29, 0.717) is 4.34 Å². The molecule has 1 unspecified atom stereocenters. The van der Waals surface area contributed by atoms with Gasteiger partial charge in [0.25, 0.3) is 0 Å². The van der Waals surface area contributed by atoms with E-state index in [4.69, 9.17) is 23.2 Å². The normalized spacial score (nSPS) is 12.5. The maximum atomic E-state index is 6.15. The smallest absolute Gasteiger partial charge is 0.0996 e. The van der Waals surface area contributed by atoms with Crippen molar-refractivity contribution < 1.29 is 0 Å². The van der Waals surface area contributed by atoms with Crippen molar-refractivity contribution in [3.63, 3.8) is 0 Å². The Labute approximate surface area is 142 Å². The number of halogens is 4. The summed E-state index contributed by atoms with van der Waals surface area (Å²) in [6.45, 7) is 2.07. The lowest BCUT2D eigenvalue weighted by Crippen LogP contribution is -2.06. The fourth-order valence-electron chi connectivity index (χ4n) is 1.56. The topological polar surface area (TPSA) is 12.0 Å². The molecule has 2 rings (SSSR count). The molecule has 1 aromatic carbocycles. The zero-order chi connectivity index (χ0) is 13.3. The summed E-state index contributed by atoms with van der Waals surface area (Å²) in [7, 11) is 0. The summed E-state index contributed by atoms with van der Waals surface area (Å²) in [5, 5.41) is 3.41. The summed E-state index contributed by atoms with van der Waals surface area (Å²) in [5.41, 5.74) is 2.08. The zero-order valence-electron chi connectivity index (χ0n) is 9.31. The van der Waals surface area contributed by atoms with Gasteiger partial charge in [0.05, 0.1) is 14.7 Å². The first-order valence-electron chi connectivity index (χ1n) is 5.13. The van der Waals surface area contributed by atoms with Crippen molar-refractivity contribution in [2.45, 2.75) is 13.0 Å². The van der Waals surface area contributed by atoms with Crippen LogP contribution in [0.25, 0.3) is 0 Å². The minimum absolute atomic E-state index is 0.119. The average molecular weight is 477 g/mol. The van der Waals surface area contributed by atoms with Crippen molar-refractivity contribution in [3.8, 4) is 0 Å². The van der Waals surface area contributed by atoms with E-state index >= 15 is 0 Å². The SMILES string of the molecule is CC(Nc1ccc(I)c(Br)c1)c1cc(Cl)sc1Cl. The molecule has 1 atom stereocenters. The molecule has 0 aliphatic carbocycles. The second-order valence-corrected chi connectivity index (χ2v) is 8.08. The summed E-state index contributed by atoms with van der Waals surface area (Å²) in [4.78, 5) is 0. The molecule has 0 radical (unpaired) electrons. The molecular formula is C12H9BrCl2INS. The number of anilines is 1. The minimum Gasteiger partial charge on any atom is -0.378 e. The molecule has 0 aliphatic heterocycles. The molecule has 1 aromatic heterocycles. The van der Waals surface area contributed by atoms with Crippen LogP contribution in [0.3, 0.4) is 0 Å². The summed E-state index contributed by atoms with van der Waals surface area (Å²) in [6, 6.07) is 8.19. The van der Waals surface area contributed by atoms with Crippen LogP contribution >= 0.6 is 73.1 Å². The second kappa shape index (κ2) is 6.31. The molecule has 1 heterocycles. The van der Waals surface area contributed by atoms with Gasteiger partial charge in [0.1, 0.15) is 0 Å². The Kier molecular flexibility index (Phi) is 5.22. The van der Waals surface area contributed by atoms with E-state index in [-0.39, 0.29) is 6.04 Å². The molecule has 1 nitrogen and oxygen atoms in total. The average Bonchev–Trinajstić information content (AvgIpc) is 2.63. The monoisotopic (exact) mass is 475 g/mol. The third-order valence-corrected chi connectivity index (χ3v) is 6.31. The quantitative estimate of drug-likeness (QED) is 0.492. The first-order valence-corrected chi connectivity index (χ1v) is 8.58. The van der Waals surface area contributed by atoms with Crippen LogP contribution in [0.4, 0.5) is 5.69 Å². The maximum Gasteiger partial charge on any atom is 0.0996 e. The molecule has 0 amide bonds. The van der Waals surface area contributed by atoms with Crippen molar-refractivity contribution in [1.29, 1.82) is 0 Å². The van der Waals surface area contributed by atoms with Gasteiger partial charge < -0.3 is 5.32 Å². The number of thiophene rings is 1. The van der Waals surface area contributed by atoms with Crippen LogP contribution in [0.2, 0.25) is 8.67 Å². The number of rotatable bonds is 3. The van der Waals surface area contributed by atoms with E-state index in [1.54, 1.807) is 0 Å². The number of hydrogen-bond donors (Lipinski definition) is 1. The maximum absolute atomic E-state index is 6.15. The summed E-state index contributed by atoms with van der Waals surface area (Å²) < 4.78 is 3.72. The first kappa shape index (κ1) is 14.9. The summed E-state index contributed by atoms with van der Waals surface area (Å²) in [5.74, 6) is 0. The van der Waals surface area contributed by atoms with Gasteiger partial charge in [-0.2, -0.15) is 0 Å². The van der Waals surface area contributed by atoms with E-state index in [0.717, 1.165) is 20.1 Å². The van der Waals surface area contributed by atoms with Crippen LogP contribution in [0.1, 0.15) is 18.5 Å². The third-order valence-electron chi connectivity index (χ3n) is 2.45. The Balaban J connectivity index is 2.18. The Morgan fingerprint density at radius 3 is 2.61 bits per heavy atom. The molecule has 96 valence electrons. The Hall–Kier alpha value is 0.510. The van der Waals surface area contributed by atoms with Gasteiger partial charge in [-0.3, -0.25) is 0 Å². The highest BCUT2D eigenvalue weighted by molar-refractivity contribution is 14.1. The van der Waals surface area contributed by atoms with Crippen molar-refractivity contribution in [2.24, 2.45) is 0 Å². The van der Waals surface area contributed by atoms with Gasteiger partial charge in [0, 0.05) is 19.3 Å². The lowest BCUT2D eigenvalue weighted by Gasteiger charge is -2.15. The predicted octanol–water partition coefficient (Wildman–Crippen LogP) is 6.60. The lowest BCUT2D eigenvalue weighted by molar-refractivity contribution is 0.890. The number of nitrogens with one attached hydrogen (secondary N) is 1. The minimum atomic E-state index is 0.119. The molecule has 0 aliphatic rings. The Bertz CT molecular complexity index is 573. The Morgan fingerprint density at radius 2 is 2.06 bits per heavy atom. The number of hydrogen-bond acceptors (Lipinski definition) is 2. The van der Waals surface area contributed by atoms with Gasteiger partial charge in [-0.05, 0) is 69.7 Å². The molecule has 0 bridgehead atoms. The second-order valence-electron chi connectivity index (χ2n) is 3.77. The highest BCUT2D eigenvalue weighted by atomic mass is 127. The first-order chi connectivity index (χ1) is 8.47. The zero-order valence-corrected chi connectivity index (χ0v) is 15.4. The van der Waals surface area contributed by atoms with Gasteiger partial charge >= 0.3 is 0 Å². The molecule has 0 fully saturated rings. The predicted molar refractivity (Wildman–Crippen MR) is 93.2 cm³/mol. The van der Waals surface area contributed by atoms with Crippen LogP contribution in [0.5, 0.6) is 0 Å². The van der Waals surface area contributed by atoms with Crippen molar-refractivity contribution in [3.05, 3.63) is 46.5 Å². The fourth-order valence-corrected chi connectivity index (χ4v) is 3.92. The van der Waals surface area contributed by atoms with Gasteiger partial charge in [0.2, 0.25) is 0 Å². The molecule has 18 heavy (non-hydrogen) atoms. The molecule has 2 aromatic rings. The molecular weight excluding hydrogens is 468 g/mol. The van der Waals surface area contributed by atoms with Crippen LogP contribution in [0.15, 0.2) is 28.7 Å². The largest absolute Gasteiger partial charge is 0.378 e. The van der Waals surface area contributed by atoms with Crippen LogP contribution in [-0.2, 0) is 0 Å². The number of benzene rings is 1. The Morgan fingerprint density at radius 1 is 1.33 bits per heavy atom.